The van der Waals surface area contributed by atoms with Crippen LogP contribution in [0.4, 0.5) is 0 Å². The zero-order chi connectivity index (χ0) is 20.0. The van der Waals surface area contributed by atoms with Crippen LogP contribution in [0.5, 0.6) is 0 Å². The molecule has 2 aromatic carbocycles. The standard InChI is InChI=1S/C21H25ClN2O3S/c22-19-11-10-18(21(25)23-13-12-17-8-4-3-5-9-17)16-20(19)28(26,27)24-14-6-1-2-7-15-24/h3-5,8-11,16H,1-2,6-7,12-15H2,(H,23,25). The van der Waals surface area contributed by atoms with E-state index in [1.165, 1.54) is 16.4 Å². The van der Waals surface area contributed by atoms with E-state index in [4.69, 9.17) is 11.6 Å². The van der Waals surface area contributed by atoms with Gasteiger partial charge in [0, 0.05) is 25.2 Å². The number of halogens is 1. The molecule has 1 saturated heterocycles. The predicted octanol–water partition coefficient (Wildman–Crippen LogP) is 3.88. The van der Waals surface area contributed by atoms with Crippen LogP contribution in [-0.4, -0.2) is 38.3 Å². The Bertz CT molecular complexity index is 909. The van der Waals surface area contributed by atoms with E-state index in [0.717, 1.165) is 31.2 Å². The van der Waals surface area contributed by atoms with E-state index in [-0.39, 0.29) is 15.8 Å². The van der Waals surface area contributed by atoms with Crippen LogP contribution < -0.4 is 5.32 Å². The Hall–Kier alpha value is -1.89. The van der Waals surface area contributed by atoms with Crippen LogP contribution in [0.15, 0.2) is 53.4 Å². The van der Waals surface area contributed by atoms with Crippen molar-refractivity contribution in [2.24, 2.45) is 0 Å². The van der Waals surface area contributed by atoms with Gasteiger partial charge in [0.05, 0.1) is 5.02 Å². The van der Waals surface area contributed by atoms with Gasteiger partial charge in [-0.3, -0.25) is 4.79 Å². The molecule has 2 aromatic rings. The molecule has 1 N–H and O–H groups in total. The first-order valence-corrected chi connectivity index (χ1v) is 11.4. The molecule has 28 heavy (non-hydrogen) atoms. The fraction of sp³-hybridized carbons (Fsp3) is 0.381. The van der Waals surface area contributed by atoms with Crippen LogP contribution in [0.3, 0.4) is 0 Å². The molecule has 0 aromatic heterocycles. The maximum absolute atomic E-state index is 13.0. The minimum atomic E-state index is -3.71. The number of hydrogen-bond acceptors (Lipinski definition) is 3. The second-order valence-corrected chi connectivity index (χ2v) is 9.27. The molecular weight excluding hydrogens is 396 g/mol. The lowest BCUT2D eigenvalue weighted by Gasteiger charge is -2.21. The summed E-state index contributed by atoms with van der Waals surface area (Å²) in [6.07, 6.45) is 4.46. The Morgan fingerprint density at radius 3 is 2.36 bits per heavy atom. The van der Waals surface area contributed by atoms with Crippen LogP contribution in [0, 0.1) is 0 Å². The number of carbonyl (C=O) groups is 1. The number of hydrogen-bond donors (Lipinski definition) is 1. The highest BCUT2D eigenvalue weighted by atomic mass is 35.5. The summed E-state index contributed by atoms with van der Waals surface area (Å²) < 4.78 is 27.6. The van der Waals surface area contributed by atoms with Crippen LogP contribution in [0.25, 0.3) is 0 Å². The van der Waals surface area contributed by atoms with Gasteiger partial charge in [-0.05, 0) is 43.0 Å². The second kappa shape index (κ2) is 9.54. The van der Waals surface area contributed by atoms with Gasteiger partial charge in [-0.15, -0.1) is 0 Å². The summed E-state index contributed by atoms with van der Waals surface area (Å²) in [6, 6.07) is 14.3. The van der Waals surface area contributed by atoms with Gasteiger partial charge in [-0.25, -0.2) is 8.42 Å². The van der Waals surface area contributed by atoms with Crippen LogP contribution in [-0.2, 0) is 16.4 Å². The number of nitrogens with zero attached hydrogens (tertiary/aromatic N) is 1. The lowest BCUT2D eigenvalue weighted by atomic mass is 10.1. The highest BCUT2D eigenvalue weighted by molar-refractivity contribution is 7.89. The lowest BCUT2D eigenvalue weighted by Crippen LogP contribution is -2.32. The smallest absolute Gasteiger partial charge is 0.251 e. The number of carbonyl (C=O) groups excluding carboxylic acids is 1. The van der Waals surface area contributed by atoms with E-state index in [0.29, 0.717) is 31.6 Å². The molecular formula is C21H25ClN2O3S. The van der Waals surface area contributed by atoms with Crippen molar-refractivity contribution in [1.29, 1.82) is 0 Å². The van der Waals surface area contributed by atoms with Crippen LogP contribution in [0.2, 0.25) is 5.02 Å². The first-order chi connectivity index (χ1) is 13.5. The number of amides is 1. The second-order valence-electron chi connectivity index (χ2n) is 6.95. The molecule has 1 aliphatic rings. The summed E-state index contributed by atoms with van der Waals surface area (Å²) in [5.41, 5.74) is 1.43. The van der Waals surface area contributed by atoms with Crippen molar-refractivity contribution in [3.8, 4) is 0 Å². The molecule has 0 bridgehead atoms. The van der Waals surface area contributed by atoms with Gasteiger partial charge in [0.15, 0.2) is 0 Å². The molecule has 3 rings (SSSR count). The number of benzene rings is 2. The Morgan fingerprint density at radius 2 is 1.68 bits per heavy atom. The number of nitrogens with one attached hydrogen (secondary N) is 1. The van der Waals surface area contributed by atoms with Gasteiger partial charge in [0.2, 0.25) is 10.0 Å². The average molecular weight is 421 g/mol. The first kappa shape index (κ1) is 20.8. The van der Waals surface area contributed by atoms with Gasteiger partial charge >= 0.3 is 0 Å². The Morgan fingerprint density at radius 1 is 1.00 bits per heavy atom. The molecule has 0 spiro atoms. The largest absolute Gasteiger partial charge is 0.352 e. The lowest BCUT2D eigenvalue weighted by molar-refractivity contribution is 0.0954. The summed E-state index contributed by atoms with van der Waals surface area (Å²) in [5, 5.41) is 2.99. The SMILES string of the molecule is O=C(NCCc1ccccc1)c1ccc(Cl)c(S(=O)(=O)N2CCCCCC2)c1. The van der Waals surface area contributed by atoms with E-state index >= 15 is 0 Å². The minimum absolute atomic E-state index is 0.00627. The van der Waals surface area contributed by atoms with Crippen molar-refractivity contribution in [1.82, 2.24) is 9.62 Å². The summed E-state index contributed by atoms with van der Waals surface area (Å²) in [7, 11) is -3.71. The number of rotatable bonds is 6. The highest BCUT2D eigenvalue weighted by Gasteiger charge is 2.28. The third-order valence-electron chi connectivity index (χ3n) is 4.92. The molecule has 1 heterocycles. The normalized spacial score (nSPS) is 15.8. The fourth-order valence-corrected chi connectivity index (χ4v) is 5.35. The fourth-order valence-electron chi connectivity index (χ4n) is 3.33. The minimum Gasteiger partial charge on any atom is -0.352 e. The van der Waals surface area contributed by atoms with Gasteiger partial charge in [0.25, 0.3) is 5.91 Å². The first-order valence-electron chi connectivity index (χ1n) is 9.60. The predicted molar refractivity (Wildman–Crippen MR) is 111 cm³/mol. The van der Waals surface area contributed by atoms with Crippen LogP contribution in [0.1, 0.15) is 41.6 Å². The molecule has 1 aliphatic heterocycles. The monoisotopic (exact) mass is 420 g/mol. The molecule has 7 heteroatoms. The quantitative estimate of drug-likeness (QED) is 0.771. The molecule has 0 saturated carbocycles. The van der Waals surface area contributed by atoms with Crippen molar-refractivity contribution in [2.75, 3.05) is 19.6 Å². The summed E-state index contributed by atoms with van der Waals surface area (Å²) >= 11 is 6.19. The highest BCUT2D eigenvalue weighted by Crippen LogP contribution is 2.27. The summed E-state index contributed by atoms with van der Waals surface area (Å²) in [5.74, 6) is -0.306. The van der Waals surface area contributed by atoms with Crippen molar-refractivity contribution in [3.05, 3.63) is 64.7 Å². The third-order valence-corrected chi connectivity index (χ3v) is 7.30. The Labute approximate surface area is 171 Å². The van der Waals surface area contributed by atoms with E-state index in [9.17, 15) is 13.2 Å². The molecule has 0 radical (unpaired) electrons. The van der Waals surface area contributed by atoms with Crippen molar-refractivity contribution >= 4 is 27.5 Å². The topological polar surface area (TPSA) is 66.5 Å². The van der Waals surface area contributed by atoms with E-state index in [2.05, 4.69) is 5.32 Å². The van der Waals surface area contributed by atoms with Gasteiger partial charge < -0.3 is 5.32 Å². The van der Waals surface area contributed by atoms with Gasteiger partial charge in [-0.1, -0.05) is 54.8 Å². The van der Waals surface area contributed by atoms with Gasteiger partial charge in [0.1, 0.15) is 4.90 Å². The zero-order valence-corrected chi connectivity index (χ0v) is 17.3. The van der Waals surface area contributed by atoms with Gasteiger partial charge in [-0.2, -0.15) is 4.31 Å². The molecule has 0 unspecified atom stereocenters. The Kier molecular flexibility index (Phi) is 7.10. The summed E-state index contributed by atoms with van der Waals surface area (Å²) in [6.45, 7) is 1.46. The van der Waals surface area contributed by atoms with E-state index in [1.54, 1.807) is 6.07 Å². The van der Waals surface area contributed by atoms with Crippen molar-refractivity contribution < 1.29 is 13.2 Å². The Balaban J connectivity index is 1.72. The number of sulfonamides is 1. The molecule has 1 fully saturated rings. The maximum Gasteiger partial charge on any atom is 0.251 e. The van der Waals surface area contributed by atoms with Crippen molar-refractivity contribution in [2.45, 2.75) is 37.0 Å². The molecule has 1 amide bonds. The average Bonchev–Trinajstić information content (AvgIpc) is 2.99. The zero-order valence-electron chi connectivity index (χ0n) is 15.7. The molecule has 0 atom stereocenters. The molecule has 150 valence electrons. The van der Waals surface area contributed by atoms with E-state index in [1.807, 2.05) is 30.3 Å². The third kappa shape index (κ3) is 5.13. The summed E-state index contributed by atoms with van der Waals surface area (Å²) in [4.78, 5) is 12.5. The van der Waals surface area contributed by atoms with Crippen molar-refractivity contribution in [3.63, 3.8) is 0 Å². The molecule has 5 nitrogen and oxygen atoms in total. The van der Waals surface area contributed by atoms with Crippen LogP contribution >= 0.6 is 11.6 Å². The van der Waals surface area contributed by atoms with E-state index < -0.39 is 10.0 Å². The molecule has 0 aliphatic carbocycles. The maximum atomic E-state index is 13.0.